The van der Waals surface area contributed by atoms with Crippen LogP contribution in [0.15, 0.2) is 82.8 Å². The molecule has 0 aliphatic rings. The van der Waals surface area contributed by atoms with E-state index >= 15 is 0 Å². The number of sulfonamides is 1. The Balaban J connectivity index is 1.75. The van der Waals surface area contributed by atoms with Crippen molar-refractivity contribution in [3.8, 4) is 28.8 Å². The summed E-state index contributed by atoms with van der Waals surface area (Å²) < 4.78 is 58.9. The molecular weight excluding hydrogens is 513 g/mol. The molecule has 12 heteroatoms. The summed E-state index contributed by atoms with van der Waals surface area (Å²) in [6.45, 7) is 0. The van der Waals surface area contributed by atoms with Crippen molar-refractivity contribution in [2.24, 2.45) is 0 Å². The number of pyridine rings is 2. The number of nitrogens with zero attached hydrogens (tertiary/aromatic N) is 5. The van der Waals surface area contributed by atoms with Crippen molar-refractivity contribution >= 4 is 32.3 Å². The average Bonchev–Trinajstić information content (AvgIpc) is 3.46. The fourth-order valence-electron chi connectivity index (χ4n) is 4.00. The highest BCUT2D eigenvalue weighted by atomic mass is 32.2. The highest BCUT2D eigenvalue weighted by Crippen LogP contribution is 2.43. The van der Waals surface area contributed by atoms with Crippen LogP contribution in [0.1, 0.15) is 5.56 Å². The lowest BCUT2D eigenvalue weighted by molar-refractivity contribution is 0.397. The predicted octanol–water partition coefficient (Wildman–Crippen LogP) is 4.84. The van der Waals surface area contributed by atoms with E-state index in [4.69, 9.17) is 14.0 Å². The van der Waals surface area contributed by atoms with Crippen LogP contribution < -0.4 is 13.8 Å². The number of halogens is 1. The van der Waals surface area contributed by atoms with Crippen LogP contribution in [0.5, 0.6) is 11.6 Å². The number of hydrogen-bond donors (Lipinski definition) is 0. The SMILES string of the molecule is COc1cc(-c2cc(F)cnc2OC)c(C#N)cc1N(c1ccon1)S(=O)(=O)c1ccc2cnccc2c1. The fourth-order valence-corrected chi connectivity index (χ4v) is 5.47. The van der Waals surface area contributed by atoms with Gasteiger partial charge in [-0.3, -0.25) is 4.98 Å². The second-order valence-corrected chi connectivity index (χ2v) is 9.69. The number of ether oxygens (including phenoxy) is 2. The molecule has 0 aliphatic carbocycles. The lowest BCUT2D eigenvalue weighted by Gasteiger charge is -2.25. The van der Waals surface area contributed by atoms with Gasteiger partial charge >= 0.3 is 0 Å². The second-order valence-electron chi connectivity index (χ2n) is 7.90. The lowest BCUT2D eigenvalue weighted by Crippen LogP contribution is -2.27. The predicted molar refractivity (Wildman–Crippen MR) is 135 cm³/mol. The Hall–Kier alpha value is -5.02. The van der Waals surface area contributed by atoms with Gasteiger partial charge in [0, 0.05) is 35.0 Å². The van der Waals surface area contributed by atoms with Gasteiger partial charge in [-0.15, -0.1) is 0 Å². The summed E-state index contributed by atoms with van der Waals surface area (Å²) in [5.74, 6) is -0.586. The molecule has 38 heavy (non-hydrogen) atoms. The zero-order valence-electron chi connectivity index (χ0n) is 20.0. The number of benzene rings is 2. The standard InChI is InChI=1S/C26H18FN5O5S/c1-35-24-12-21(22-11-19(27)15-30-26(22)36-2)18(13-28)10-23(24)32(25-6-8-37-31-25)38(33,34)20-4-3-17-14-29-7-5-16(17)9-20/h3-12,14-15H,1-2H3. The van der Waals surface area contributed by atoms with E-state index in [1.807, 2.05) is 6.07 Å². The molecule has 3 aromatic heterocycles. The van der Waals surface area contributed by atoms with Crippen LogP contribution in [0, 0.1) is 17.1 Å². The van der Waals surface area contributed by atoms with Crippen LogP contribution in [0.25, 0.3) is 21.9 Å². The molecular formula is C26H18FN5O5S. The molecule has 0 aliphatic heterocycles. The number of aromatic nitrogens is 3. The topological polar surface area (TPSA) is 131 Å². The number of nitriles is 1. The molecule has 0 spiro atoms. The van der Waals surface area contributed by atoms with Crippen molar-refractivity contribution in [3.05, 3.63) is 84.8 Å². The van der Waals surface area contributed by atoms with Gasteiger partial charge in [0.2, 0.25) is 5.88 Å². The third kappa shape index (κ3) is 4.25. The molecule has 2 aromatic carbocycles. The molecule has 5 aromatic rings. The van der Waals surface area contributed by atoms with Crippen molar-refractivity contribution in [1.29, 1.82) is 5.26 Å². The molecule has 10 nitrogen and oxygen atoms in total. The number of fused-ring (bicyclic) bond motifs is 1. The zero-order chi connectivity index (χ0) is 26.9. The highest BCUT2D eigenvalue weighted by molar-refractivity contribution is 7.93. The van der Waals surface area contributed by atoms with E-state index in [0.717, 1.165) is 22.0 Å². The van der Waals surface area contributed by atoms with Crippen LogP contribution in [-0.4, -0.2) is 37.8 Å². The maximum Gasteiger partial charge on any atom is 0.270 e. The minimum Gasteiger partial charge on any atom is -0.495 e. The van der Waals surface area contributed by atoms with Gasteiger partial charge in [-0.25, -0.2) is 22.1 Å². The van der Waals surface area contributed by atoms with Gasteiger partial charge < -0.3 is 14.0 Å². The van der Waals surface area contributed by atoms with Crippen LogP contribution in [0.3, 0.4) is 0 Å². The molecule has 190 valence electrons. The van der Waals surface area contributed by atoms with Gasteiger partial charge in [-0.2, -0.15) is 5.26 Å². The van der Waals surface area contributed by atoms with Crippen LogP contribution in [0.2, 0.25) is 0 Å². The van der Waals surface area contributed by atoms with E-state index in [0.29, 0.717) is 5.39 Å². The minimum atomic E-state index is -4.32. The molecule has 0 saturated carbocycles. The first-order valence-electron chi connectivity index (χ1n) is 11.0. The molecule has 3 heterocycles. The van der Waals surface area contributed by atoms with Gasteiger partial charge in [0.25, 0.3) is 10.0 Å². The monoisotopic (exact) mass is 531 g/mol. The summed E-state index contributed by atoms with van der Waals surface area (Å²) in [5.41, 5.74) is 0.417. The molecule has 0 N–H and O–H groups in total. The van der Waals surface area contributed by atoms with Gasteiger partial charge in [-0.05, 0) is 41.8 Å². The van der Waals surface area contributed by atoms with E-state index in [-0.39, 0.29) is 44.7 Å². The van der Waals surface area contributed by atoms with E-state index in [1.54, 1.807) is 24.5 Å². The molecule has 0 atom stereocenters. The zero-order valence-corrected chi connectivity index (χ0v) is 20.8. The van der Waals surface area contributed by atoms with Crippen molar-refractivity contribution in [1.82, 2.24) is 15.1 Å². The summed E-state index contributed by atoms with van der Waals surface area (Å²) >= 11 is 0. The first-order valence-corrected chi connectivity index (χ1v) is 12.4. The van der Waals surface area contributed by atoms with Gasteiger partial charge in [0.15, 0.2) is 5.82 Å². The van der Waals surface area contributed by atoms with Crippen LogP contribution in [0.4, 0.5) is 15.9 Å². The maximum absolute atomic E-state index is 14.1. The highest BCUT2D eigenvalue weighted by Gasteiger charge is 2.32. The van der Waals surface area contributed by atoms with Crippen molar-refractivity contribution in [2.45, 2.75) is 4.90 Å². The third-order valence-corrected chi connectivity index (χ3v) is 7.46. The Morgan fingerprint density at radius 3 is 2.55 bits per heavy atom. The molecule has 0 saturated heterocycles. The smallest absolute Gasteiger partial charge is 0.270 e. The van der Waals surface area contributed by atoms with Gasteiger partial charge in [0.1, 0.15) is 23.5 Å². The first-order chi connectivity index (χ1) is 18.4. The van der Waals surface area contributed by atoms with E-state index < -0.39 is 15.8 Å². The van der Waals surface area contributed by atoms with E-state index in [2.05, 4.69) is 15.1 Å². The van der Waals surface area contributed by atoms with Crippen LogP contribution >= 0.6 is 0 Å². The Labute approximate surface area is 216 Å². The summed E-state index contributed by atoms with van der Waals surface area (Å²) in [6, 6.07) is 13.6. The lowest BCUT2D eigenvalue weighted by atomic mass is 9.99. The average molecular weight is 532 g/mol. The number of hydrogen-bond acceptors (Lipinski definition) is 9. The van der Waals surface area contributed by atoms with Gasteiger partial charge in [-0.1, -0.05) is 11.2 Å². The molecule has 0 amide bonds. The third-order valence-electron chi connectivity index (χ3n) is 5.74. The quantitative estimate of drug-likeness (QED) is 0.289. The maximum atomic E-state index is 14.1. The first kappa shape index (κ1) is 24.7. The summed E-state index contributed by atoms with van der Waals surface area (Å²) in [6.07, 6.45) is 5.39. The fraction of sp³-hybridized carbons (Fsp3) is 0.0769. The molecule has 0 fully saturated rings. The van der Waals surface area contributed by atoms with Gasteiger partial charge in [0.05, 0.1) is 36.9 Å². The van der Waals surface area contributed by atoms with E-state index in [1.165, 1.54) is 50.8 Å². The Morgan fingerprint density at radius 2 is 1.84 bits per heavy atom. The van der Waals surface area contributed by atoms with Crippen molar-refractivity contribution < 1.29 is 26.8 Å². The Morgan fingerprint density at radius 1 is 1.00 bits per heavy atom. The Kier molecular flexibility index (Phi) is 6.36. The number of methoxy groups -OCH3 is 2. The summed E-state index contributed by atoms with van der Waals surface area (Å²) in [4.78, 5) is 7.94. The van der Waals surface area contributed by atoms with E-state index in [9.17, 15) is 18.1 Å². The molecule has 0 unspecified atom stereocenters. The molecule has 0 bridgehead atoms. The van der Waals surface area contributed by atoms with Crippen molar-refractivity contribution in [2.75, 3.05) is 18.5 Å². The van der Waals surface area contributed by atoms with Crippen LogP contribution in [-0.2, 0) is 10.0 Å². The number of rotatable bonds is 7. The minimum absolute atomic E-state index is 0.0137. The second kappa shape index (κ2) is 9.79. The summed E-state index contributed by atoms with van der Waals surface area (Å²) in [5, 5.41) is 15.3. The normalized spacial score (nSPS) is 11.2. The number of anilines is 2. The Bertz CT molecular complexity index is 1800. The molecule has 0 radical (unpaired) electrons. The summed E-state index contributed by atoms with van der Waals surface area (Å²) in [7, 11) is -1.62. The molecule has 5 rings (SSSR count). The largest absolute Gasteiger partial charge is 0.495 e. The van der Waals surface area contributed by atoms with Crippen molar-refractivity contribution in [3.63, 3.8) is 0 Å².